The second-order valence-electron chi connectivity index (χ2n) is 8.40. The van der Waals surface area contributed by atoms with Gasteiger partial charge < -0.3 is 16.2 Å². The molecule has 11 heteroatoms. The van der Waals surface area contributed by atoms with E-state index >= 15 is 0 Å². The number of rotatable bonds is 9. The van der Waals surface area contributed by atoms with E-state index in [0.29, 0.717) is 21.8 Å². The van der Waals surface area contributed by atoms with Gasteiger partial charge in [-0.15, -0.1) is 5.10 Å². The van der Waals surface area contributed by atoms with Crippen LogP contribution < -0.4 is 16.7 Å². The number of aliphatic carboxylic acids is 1. The number of amides is 1. The van der Waals surface area contributed by atoms with E-state index < -0.39 is 35.5 Å². The van der Waals surface area contributed by atoms with Gasteiger partial charge in [0.25, 0.3) is 5.91 Å². The molecule has 0 radical (unpaired) electrons. The van der Waals surface area contributed by atoms with Gasteiger partial charge in [0.2, 0.25) is 5.82 Å². The van der Waals surface area contributed by atoms with Crippen molar-refractivity contribution in [3.63, 3.8) is 0 Å². The van der Waals surface area contributed by atoms with Gasteiger partial charge in [0.15, 0.2) is 0 Å². The summed E-state index contributed by atoms with van der Waals surface area (Å²) in [6, 6.07) is 17.8. The Morgan fingerprint density at radius 2 is 1.81 bits per heavy atom. The van der Waals surface area contributed by atoms with E-state index in [1.807, 2.05) is 0 Å². The van der Waals surface area contributed by atoms with Crippen molar-refractivity contribution in [2.45, 2.75) is 24.9 Å². The van der Waals surface area contributed by atoms with E-state index in [9.17, 15) is 23.9 Å². The molecule has 0 aliphatic carbocycles. The molecule has 0 aliphatic rings. The van der Waals surface area contributed by atoms with Crippen LogP contribution in [-0.4, -0.2) is 43.8 Å². The molecule has 9 nitrogen and oxygen atoms in total. The minimum Gasteiger partial charge on any atom is -0.480 e. The fourth-order valence-corrected chi connectivity index (χ4v) is 4.02. The number of nitrogens with zero attached hydrogens (tertiary/aromatic N) is 2. The number of H-pyrrole nitrogens is 1. The summed E-state index contributed by atoms with van der Waals surface area (Å²) < 4.78 is 15.3. The minimum absolute atomic E-state index is 0.0740. The summed E-state index contributed by atoms with van der Waals surface area (Å²) in [7, 11) is 0. The molecule has 0 saturated heterocycles. The maximum absolute atomic E-state index is 14.2. The van der Waals surface area contributed by atoms with Gasteiger partial charge in [0.05, 0.1) is 5.69 Å². The Kier molecular flexibility index (Phi) is 7.80. The largest absolute Gasteiger partial charge is 0.480 e. The van der Waals surface area contributed by atoms with Crippen molar-refractivity contribution in [3.05, 3.63) is 106 Å². The van der Waals surface area contributed by atoms with Crippen LogP contribution in [0.5, 0.6) is 0 Å². The number of aromatic amines is 1. The molecular weight excluding hydrogens is 501 g/mol. The molecule has 1 heterocycles. The van der Waals surface area contributed by atoms with Crippen LogP contribution in [-0.2, 0) is 11.2 Å². The average molecular weight is 524 g/mol. The highest BCUT2D eigenvalue weighted by molar-refractivity contribution is 6.30. The number of nitrogens with one attached hydrogen (secondary N) is 2. The minimum atomic E-state index is -1.23. The monoisotopic (exact) mass is 523 g/mol. The molecule has 1 amide bonds. The topological polar surface area (TPSA) is 143 Å². The molecule has 2 atom stereocenters. The first kappa shape index (κ1) is 25.8. The first-order valence-corrected chi connectivity index (χ1v) is 11.7. The normalized spacial score (nSPS) is 12.6. The Morgan fingerprint density at radius 3 is 2.49 bits per heavy atom. The zero-order valence-corrected chi connectivity index (χ0v) is 20.2. The second-order valence-corrected chi connectivity index (χ2v) is 8.84. The Bertz CT molecular complexity index is 1470. The number of halogens is 2. The molecule has 0 spiro atoms. The predicted octanol–water partition coefficient (Wildman–Crippen LogP) is 3.16. The third-order valence-electron chi connectivity index (χ3n) is 5.70. The van der Waals surface area contributed by atoms with Crippen molar-refractivity contribution in [1.82, 2.24) is 20.1 Å². The fourth-order valence-electron chi connectivity index (χ4n) is 3.85. The molecule has 2 unspecified atom stereocenters. The lowest BCUT2D eigenvalue weighted by Gasteiger charge is -2.20. The van der Waals surface area contributed by atoms with Gasteiger partial charge in [-0.1, -0.05) is 54.1 Å². The number of aromatic nitrogens is 3. The Labute approximate surface area is 215 Å². The molecule has 5 N–H and O–H groups in total. The van der Waals surface area contributed by atoms with Crippen LogP contribution in [0.25, 0.3) is 16.8 Å². The van der Waals surface area contributed by atoms with Gasteiger partial charge in [-0.05, 0) is 54.3 Å². The number of carbonyl (C=O) groups is 2. The van der Waals surface area contributed by atoms with Crippen LogP contribution in [0.1, 0.15) is 22.6 Å². The number of hydrogen-bond donors (Lipinski definition) is 4. The van der Waals surface area contributed by atoms with Crippen LogP contribution in [0.3, 0.4) is 0 Å². The molecule has 0 saturated carbocycles. The zero-order valence-electron chi connectivity index (χ0n) is 19.4. The number of benzene rings is 3. The van der Waals surface area contributed by atoms with E-state index in [0.717, 1.165) is 10.2 Å². The molecular formula is C26H23ClFN5O4. The average Bonchev–Trinajstić information content (AvgIpc) is 3.28. The molecule has 4 rings (SSSR count). The highest BCUT2D eigenvalue weighted by Gasteiger charge is 2.23. The van der Waals surface area contributed by atoms with Crippen molar-refractivity contribution in [2.75, 3.05) is 0 Å². The summed E-state index contributed by atoms with van der Waals surface area (Å²) >= 11 is 5.99. The quantitative estimate of drug-likeness (QED) is 0.265. The maximum atomic E-state index is 14.2. The van der Waals surface area contributed by atoms with E-state index in [1.165, 1.54) is 18.2 Å². The second kappa shape index (κ2) is 11.2. The number of carboxylic acid groups (broad SMARTS) is 1. The standard InChI is InChI=1S/C26H23ClFN5O4/c27-17-10-11-21(28)20(13-17)16-8-6-15(7-9-16)12-18(14-22(29)25(35)36)30-24(34)23-31-26(37)33(32-23)19-4-2-1-3-5-19/h1-11,13,18,22H,12,14,29H2,(H,30,34)(H,35,36)(H,31,32,37). The third kappa shape index (κ3) is 6.29. The summed E-state index contributed by atoms with van der Waals surface area (Å²) in [6.07, 6.45) is 0.157. The predicted molar refractivity (Wildman–Crippen MR) is 136 cm³/mol. The summed E-state index contributed by atoms with van der Waals surface area (Å²) in [5, 5.41) is 16.5. The van der Waals surface area contributed by atoms with E-state index in [-0.39, 0.29) is 18.7 Å². The first-order chi connectivity index (χ1) is 17.7. The van der Waals surface area contributed by atoms with Crippen molar-refractivity contribution < 1.29 is 19.1 Å². The fraction of sp³-hybridized carbons (Fsp3) is 0.154. The van der Waals surface area contributed by atoms with Gasteiger partial charge in [-0.3, -0.25) is 14.6 Å². The van der Waals surface area contributed by atoms with Gasteiger partial charge in [0.1, 0.15) is 11.9 Å². The lowest BCUT2D eigenvalue weighted by molar-refractivity contribution is -0.138. The Morgan fingerprint density at radius 1 is 1.11 bits per heavy atom. The molecule has 37 heavy (non-hydrogen) atoms. The number of nitrogens with two attached hydrogens (primary N) is 1. The lowest BCUT2D eigenvalue weighted by Crippen LogP contribution is -2.43. The highest BCUT2D eigenvalue weighted by Crippen LogP contribution is 2.26. The summed E-state index contributed by atoms with van der Waals surface area (Å²) in [6.45, 7) is 0. The van der Waals surface area contributed by atoms with Crippen LogP contribution in [0.4, 0.5) is 4.39 Å². The van der Waals surface area contributed by atoms with E-state index in [2.05, 4.69) is 15.4 Å². The Balaban J connectivity index is 1.53. The summed E-state index contributed by atoms with van der Waals surface area (Å²) in [5.74, 6) is -2.55. The van der Waals surface area contributed by atoms with Crippen LogP contribution in [0.15, 0.2) is 77.6 Å². The summed E-state index contributed by atoms with van der Waals surface area (Å²) in [5.41, 5.74) is 7.31. The van der Waals surface area contributed by atoms with Crippen LogP contribution in [0.2, 0.25) is 5.02 Å². The van der Waals surface area contributed by atoms with Crippen LogP contribution >= 0.6 is 11.6 Å². The van der Waals surface area contributed by atoms with Crippen molar-refractivity contribution in [3.8, 4) is 16.8 Å². The van der Waals surface area contributed by atoms with Crippen molar-refractivity contribution in [2.24, 2.45) is 5.73 Å². The first-order valence-electron chi connectivity index (χ1n) is 11.3. The van der Waals surface area contributed by atoms with Gasteiger partial charge in [-0.25, -0.2) is 9.18 Å². The van der Waals surface area contributed by atoms with Crippen molar-refractivity contribution >= 4 is 23.5 Å². The van der Waals surface area contributed by atoms with Gasteiger partial charge in [0, 0.05) is 16.6 Å². The molecule has 4 aromatic rings. The SMILES string of the molecule is NC(CC(Cc1ccc(-c2cc(Cl)ccc2F)cc1)NC(=O)c1nn(-c2ccccc2)c(=O)[nH]1)C(=O)O. The van der Waals surface area contributed by atoms with Gasteiger partial charge >= 0.3 is 11.7 Å². The zero-order chi connectivity index (χ0) is 26.5. The molecule has 0 bridgehead atoms. The lowest BCUT2D eigenvalue weighted by atomic mass is 9.97. The van der Waals surface area contributed by atoms with Crippen molar-refractivity contribution in [1.29, 1.82) is 0 Å². The smallest absolute Gasteiger partial charge is 0.348 e. The highest BCUT2D eigenvalue weighted by atomic mass is 35.5. The summed E-state index contributed by atoms with van der Waals surface area (Å²) in [4.78, 5) is 39.0. The molecule has 1 aromatic heterocycles. The number of carboxylic acids is 1. The Hall–Kier alpha value is -4.28. The van der Waals surface area contributed by atoms with Gasteiger partial charge in [-0.2, -0.15) is 4.68 Å². The maximum Gasteiger partial charge on any atom is 0.348 e. The molecule has 0 aliphatic heterocycles. The molecule has 3 aromatic carbocycles. The van der Waals surface area contributed by atoms with E-state index in [1.54, 1.807) is 54.6 Å². The van der Waals surface area contributed by atoms with Crippen LogP contribution in [0, 0.1) is 5.82 Å². The number of hydrogen-bond acceptors (Lipinski definition) is 5. The van der Waals surface area contributed by atoms with E-state index in [4.69, 9.17) is 17.3 Å². The number of para-hydroxylation sites is 1. The third-order valence-corrected chi connectivity index (χ3v) is 5.93. The number of carbonyl (C=O) groups excluding carboxylic acids is 1. The molecule has 0 fully saturated rings. The molecule has 190 valence electrons.